The van der Waals surface area contributed by atoms with Gasteiger partial charge >= 0.3 is 0 Å². The molecule has 0 bridgehead atoms. The maximum atomic E-state index is 13.4. The van der Waals surface area contributed by atoms with Crippen LogP contribution in [0.3, 0.4) is 0 Å². The minimum absolute atomic E-state index is 0. The molecule has 7 heteroatoms. The third kappa shape index (κ3) is 6.00. The summed E-state index contributed by atoms with van der Waals surface area (Å²) in [5.74, 6) is 1.33. The minimum atomic E-state index is -0.168. The summed E-state index contributed by atoms with van der Waals surface area (Å²) in [4.78, 5) is 17.6. The lowest BCUT2D eigenvalue weighted by Crippen LogP contribution is -2.41. The van der Waals surface area contributed by atoms with Gasteiger partial charge in [-0.15, -0.1) is 12.4 Å². The lowest BCUT2D eigenvalue weighted by molar-refractivity contribution is -0.119. The largest absolute Gasteiger partial charge is 0.497 e. The third-order valence-electron chi connectivity index (χ3n) is 6.80. The number of nitrogens with one attached hydrogen (secondary N) is 1. The number of anilines is 1. The predicted octanol–water partition coefficient (Wildman–Crippen LogP) is 4.43. The van der Waals surface area contributed by atoms with Crippen LogP contribution in [0, 0.1) is 17.7 Å². The van der Waals surface area contributed by atoms with Gasteiger partial charge < -0.3 is 15.0 Å². The number of methoxy groups -OCH3 is 1. The Morgan fingerprint density at radius 2 is 1.88 bits per heavy atom. The number of rotatable bonds is 6. The summed E-state index contributed by atoms with van der Waals surface area (Å²) in [7, 11) is 3.78. The molecule has 2 fully saturated rings. The number of likely N-dealkylation sites (tertiary alicyclic amines) is 2. The van der Waals surface area contributed by atoms with Gasteiger partial charge in [-0.3, -0.25) is 9.69 Å². The second kappa shape index (κ2) is 11.1. The number of nitrogens with zero attached hydrogens (tertiary/aromatic N) is 2. The fourth-order valence-corrected chi connectivity index (χ4v) is 5.08. The second-order valence-electron chi connectivity index (χ2n) is 8.90. The Morgan fingerprint density at radius 1 is 1.16 bits per heavy atom. The molecular formula is C25H33ClFN3O2. The lowest BCUT2D eigenvalue weighted by Gasteiger charge is -2.37. The zero-order valence-corrected chi connectivity index (χ0v) is 19.6. The molecule has 2 heterocycles. The van der Waals surface area contributed by atoms with Crippen LogP contribution in [0.15, 0.2) is 48.5 Å². The van der Waals surface area contributed by atoms with Gasteiger partial charge in [0.2, 0.25) is 5.91 Å². The highest BCUT2D eigenvalue weighted by atomic mass is 35.5. The number of carbonyl (C=O) groups excluding carboxylic acids is 1. The van der Waals surface area contributed by atoms with Gasteiger partial charge in [0.1, 0.15) is 11.6 Å². The Kier molecular flexibility index (Phi) is 8.51. The Labute approximate surface area is 196 Å². The first-order valence-electron chi connectivity index (χ1n) is 11.1. The number of halogens is 2. The topological polar surface area (TPSA) is 44.8 Å². The molecule has 174 valence electrons. The standard InChI is InChI=1S/C25H32FN3O2.ClH/c1-28-17-20(25(30)27-22-6-8-23(31-2)9-7-22)15-24(28)19-10-12-29(13-11-19)16-18-4-3-5-21(26)14-18;/h3-9,14,19-20,24H,10-13,15-17H2,1-2H3,(H,27,30);1H. The Balaban J connectivity index is 0.00000289. The number of carbonyl (C=O) groups is 1. The van der Waals surface area contributed by atoms with Crippen LogP contribution in [0.4, 0.5) is 10.1 Å². The van der Waals surface area contributed by atoms with Crippen molar-refractivity contribution in [2.75, 3.05) is 39.1 Å². The average Bonchev–Trinajstić information content (AvgIpc) is 3.17. The summed E-state index contributed by atoms with van der Waals surface area (Å²) in [6, 6.07) is 14.8. The molecule has 2 aliphatic heterocycles. The molecule has 32 heavy (non-hydrogen) atoms. The first kappa shape index (κ1) is 24.5. The average molecular weight is 462 g/mol. The minimum Gasteiger partial charge on any atom is -0.497 e. The van der Waals surface area contributed by atoms with Crippen molar-refractivity contribution >= 4 is 24.0 Å². The van der Waals surface area contributed by atoms with E-state index in [1.165, 1.54) is 6.07 Å². The van der Waals surface area contributed by atoms with Gasteiger partial charge in [0.05, 0.1) is 13.0 Å². The molecule has 2 atom stereocenters. The summed E-state index contributed by atoms with van der Waals surface area (Å²) in [6.07, 6.45) is 3.15. The molecule has 0 aliphatic carbocycles. The van der Waals surface area contributed by atoms with Crippen molar-refractivity contribution in [2.45, 2.75) is 31.8 Å². The maximum Gasteiger partial charge on any atom is 0.228 e. The van der Waals surface area contributed by atoms with E-state index in [0.717, 1.165) is 62.4 Å². The number of ether oxygens (including phenoxy) is 1. The van der Waals surface area contributed by atoms with Crippen molar-refractivity contribution in [1.29, 1.82) is 0 Å². The molecule has 2 saturated heterocycles. The van der Waals surface area contributed by atoms with Crippen LogP contribution < -0.4 is 10.1 Å². The first-order valence-corrected chi connectivity index (χ1v) is 11.1. The van der Waals surface area contributed by atoms with E-state index in [9.17, 15) is 9.18 Å². The van der Waals surface area contributed by atoms with Crippen LogP contribution >= 0.6 is 12.4 Å². The van der Waals surface area contributed by atoms with Gasteiger partial charge in [-0.25, -0.2) is 4.39 Å². The van der Waals surface area contributed by atoms with Gasteiger partial charge in [-0.05, 0) is 87.3 Å². The van der Waals surface area contributed by atoms with E-state index in [1.54, 1.807) is 19.2 Å². The number of hydrogen-bond donors (Lipinski definition) is 1. The molecule has 2 aromatic carbocycles. The quantitative estimate of drug-likeness (QED) is 0.691. The normalized spacial score (nSPS) is 22.3. The van der Waals surface area contributed by atoms with Crippen LogP contribution in [0.5, 0.6) is 5.75 Å². The van der Waals surface area contributed by atoms with E-state index >= 15 is 0 Å². The third-order valence-corrected chi connectivity index (χ3v) is 6.80. The maximum absolute atomic E-state index is 13.4. The zero-order chi connectivity index (χ0) is 21.8. The highest BCUT2D eigenvalue weighted by Crippen LogP contribution is 2.34. The molecular weight excluding hydrogens is 429 g/mol. The van der Waals surface area contributed by atoms with Gasteiger partial charge in [0.25, 0.3) is 0 Å². The zero-order valence-electron chi connectivity index (χ0n) is 18.8. The Bertz CT molecular complexity index is 887. The summed E-state index contributed by atoms with van der Waals surface area (Å²) in [5, 5.41) is 3.06. The molecule has 0 aromatic heterocycles. The smallest absolute Gasteiger partial charge is 0.228 e. The summed E-state index contributed by atoms with van der Waals surface area (Å²) >= 11 is 0. The van der Waals surface area contributed by atoms with E-state index in [-0.39, 0.29) is 30.0 Å². The molecule has 1 amide bonds. The molecule has 2 aliphatic rings. The summed E-state index contributed by atoms with van der Waals surface area (Å²) < 4.78 is 18.6. The molecule has 1 N–H and O–H groups in total. The Morgan fingerprint density at radius 3 is 2.53 bits per heavy atom. The monoisotopic (exact) mass is 461 g/mol. The molecule has 2 aromatic rings. The predicted molar refractivity (Wildman–Crippen MR) is 128 cm³/mol. The van der Waals surface area contributed by atoms with Crippen molar-refractivity contribution in [2.24, 2.45) is 11.8 Å². The van der Waals surface area contributed by atoms with Gasteiger partial charge in [-0.2, -0.15) is 0 Å². The highest BCUT2D eigenvalue weighted by molar-refractivity contribution is 5.93. The first-order chi connectivity index (χ1) is 15.0. The number of benzene rings is 2. The summed E-state index contributed by atoms with van der Waals surface area (Å²) in [6.45, 7) is 3.65. The molecule has 5 nitrogen and oxygen atoms in total. The van der Waals surface area contributed by atoms with Gasteiger partial charge in [0.15, 0.2) is 0 Å². The van der Waals surface area contributed by atoms with Crippen molar-refractivity contribution in [3.05, 3.63) is 59.9 Å². The van der Waals surface area contributed by atoms with Crippen LogP contribution in [0.2, 0.25) is 0 Å². The van der Waals surface area contributed by atoms with E-state index in [4.69, 9.17) is 4.74 Å². The van der Waals surface area contributed by atoms with Gasteiger partial charge in [0, 0.05) is 24.8 Å². The van der Waals surface area contributed by atoms with Crippen LogP contribution in [-0.4, -0.2) is 55.5 Å². The van der Waals surface area contributed by atoms with Crippen molar-refractivity contribution in [3.8, 4) is 5.75 Å². The van der Waals surface area contributed by atoms with Crippen LogP contribution in [0.1, 0.15) is 24.8 Å². The second-order valence-corrected chi connectivity index (χ2v) is 8.90. The molecule has 4 rings (SSSR count). The van der Waals surface area contributed by atoms with Crippen LogP contribution in [-0.2, 0) is 11.3 Å². The van der Waals surface area contributed by atoms with E-state index in [2.05, 4.69) is 22.2 Å². The highest BCUT2D eigenvalue weighted by Gasteiger charge is 2.39. The van der Waals surface area contributed by atoms with Crippen molar-refractivity contribution in [3.63, 3.8) is 0 Å². The SMILES string of the molecule is COc1ccc(NC(=O)C2CC(C3CCN(Cc4cccc(F)c4)CC3)N(C)C2)cc1.Cl. The van der Waals surface area contributed by atoms with E-state index in [0.29, 0.717) is 12.0 Å². The fraction of sp³-hybridized carbons (Fsp3) is 0.480. The van der Waals surface area contributed by atoms with Crippen molar-refractivity contribution < 1.29 is 13.9 Å². The number of hydrogen-bond acceptors (Lipinski definition) is 4. The molecule has 0 radical (unpaired) electrons. The van der Waals surface area contributed by atoms with E-state index < -0.39 is 0 Å². The Hall–Kier alpha value is -2.15. The van der Waals surface area contributed by atoms with Crippen molar-refractivity contribution in [1.82, 2.24) is 9.80 Å². The summed E-state index contributed by atoms with van der Waals surface area (Å²) in [5.41, 5.74) is 1.84. The van der Waals surface area contributed by atoms with Gasteiger partial charge in [-0.1, -0.05) is 12.1 Å². The lowest BCUT2D eigenvalue weighted by atomic mass is 9.86. The molecule has 0 spiro atoms. The molecule has 0 saturated carbocycles. The number of piperidine rings is 1. The van der Waals surface area contributed by atoms with Crippen LogP contribution in [0.25, 0.3) is 0 Å². The number of amides is 1. The fourth-order valence-electron chi connectivity index (χ4n) is 5.08. The van der Waals surface area contributed by atoms with E-state index in [1.807, 2.05) is 30.3 Å². The molecule has 2 unspecified atom stereocenters.